The minimum atomic E-state index is -2.91. The van der Waals surface area contributed by atoms with E-state index in [0.29, 0.717) is 17.5 Å². The van der Waals surface area contributed by atoms with Crippen LogP contribution in [0.25, 0.3) is 0 Å². The number of Topliss-reactive ketones (excluding diaryl/α,β-unsaturated/α-hetero) is 4. The van der Waals surface area contributed by atoms with E-state index in [4.69, 9.17) is 5.73 Å². The van der Waals surface area contributed by atoms with E-state index in [1.807, 2.05) is 33.8 Å². The maximum atomic E-state index is 13.9. The van der Waals surface area contributed by atoms with Gasteiger partial charge >= 0.3 is 0 Å². The van der Waals surface area contributed by atoms with Gasteiger partial charge in [0.05, 0.1) is 17.6 Å². The number of ketones is 4. The topological polar surface area (TPSA) is 172 Å². The third-order valence-corrected chi connectivity index (χ3v) is 8.37. The number of benzene rings is 1. The number of aromatic hydroxyl groups is 1. The van der Waals surface area contributed by atoms with Crippen LogP contribution in [-0.2, 0) is 31.0 Å². The summed E-state index contributed by atoms with van der Waals surface area (Å²) in [6.45, 7) is 9.36. The summed E-state index contributed by atoms with van der Waals surface area (Å²) in [5, 5.41) is 34.0. The Morgan fingerprint density at radius 1 is 1.17 bits per heavy atom. The van der Waals surface area contributed by atoms with Crippen molar-refractivity contribution in [3.8, 4) is 5.75 Å². The standard InChI is InChI=1S/C27H33NO8/c1-6-7-11-8-12(26(3,4)5)20(30)18-15(11)10(2)16-19(22(18)32)24(34)27(36)13(21(16)31)9-14(29)17(23(27)33)25(28)35/h8,10,13,16-17,19,21,30-31,36H,6-7,9H2,1-5H3,(H2,28,35)/t10-,13+,16+,17?,19?,21+,27+/m0/s1. The maximum absolute atomic E-state index is 13.9. The molecule has 2 fully saturated rings. The Bertz CT molecular complexity index is 1210. The molecule has 0 radical (unpaired) electrons. The van der Waals surface area contributed by atoms with Crippen LogP contribution >= 0.6 is 0 Å². The monoisotopic (exact) mass is 499 g/mol. The lowest BCUT2D eigenvalue weighted by Gasteiger charge is -2.53. The fourth-order valence-electron chi connectivity index (χ4n) is 6.66. The van der Waals surface area contributed by atoms with E-state index < -0.39 is 82.2 Å². The van der Waals surface area contributed by atoms with Crippen LogP contribution < -0.4 is 5.73 Å². The molecule has 0 spiro atoms. The summed E-state index contributed by atoms with van der Waals surface area (Å²) in [5.41, 5.74) is 3.61. The van der Waals surface area contributed by atoms with Crippen LogP contribution in [0, 0.1) is 23.7 Å². The molecular formula is C27H33NO8. The maximum Gasteiger partial charge on any atom is 0.235 e. The number of carbonyl (C=O) groups is 5. The van der Waals surface area contributed by atoms with Gasteiger partial charge in [-0.15, -0.1) is 0 Å². The Kier molecular flexibility index (Phi) is 6.04. The van der Waals surface area contributed by atoms with E-state index >= 15 is 0 Å². The molecule has 0 bridgehead atoms. The van der Waals surface area contributed by atoms with Crippen LogP contribution in [0.5, 0.6) is 5.75 Å². The van der Waals surface area contributed by atoms with Gasteiger partial charge in [0.15, 0.2) is 34.7 Å². The fraction of sp³-hybridized carbons (Fsp3) is 0.593. The second-order valence-corrected chi connectivity index (χ2v) is 11.5. The molecular weight excluding hydrogens is 466 g/mol. The van der Waals surface area contributed by atoms with E-state index in [1.165, 1.54) is 0 Å². The molecule has 0 aromatic heterocycles. The Hall–Kier alpha value is -2.91. The number of hydrogen-bond acceptors (Lipinski definition) is 8. The Labute approximate surface area is 209 Å². The summed E-state index contributed by atoms with van der Waals surface area (Å²) >= 11 is 0. The van der Waals surface area contributed by atoms with E-state index in [-0.39, 0.29) is 11.3 Å². The quantitative estimate of drug-likeness (QED) is 0.448. The zero-order valence-corrected chi connectivity index (χ0v) is 21.1. The molecule has 9 heteroatoms. The molecule has 0 heterocycles. The largest absolute Gasteiger partial charge is 0.507 e. The van der Waals surface area contributed by atoms with Crippen molar-refractivity contribution >= 4 is 29.0 Å². The van der Waals surface area contributed by atoms with Crippen molar-refractivity contribution in [1.82, 2.24) is 0 Å². The normalized spacial score (nSPS) is 34.2. The summed E-state index contributed by atoms with van der Waals surface area (Å²) in [4.78, 5) is 65.2. The zero-order chi connectivity index (χ0) is 27.1. The van der Waals surface area contributed by atoms with Gasteiger partial charge in [-0.3, -0.25) is 24.0 Å². The molecule has 194 valence electrons. The highest BCUT2D eigenvalue weighted by atomic mass is 16.3. The lowest BCUT2D eigenvalue weighted by Crippen LogP contribution is -2.72. The van der Waals surface area contributed by atoms with Gasteiger partial charge in [0.1, 0.15) is 5.75 Å². The van der Waals surface area contributed by atoms with Crippen LogP contribution in [0.1, 0.15) is 80.4 Å². The first-order valence-corrected chi connectivity index (χ1v) is 12.3. The number of primary amides is 1. The first kappa shape index (κ1) is 26.2. The van der Waals surface area contributed by atoms with Crippen LogP contribution in [0.2, 0.25) is 0 Å². The van der Waals surface area contributed by atoms with Gasteiger partial charge in [0.2, 0.25) is 5.91 Å². The summed E-state index contributed by atoms with van der Waals surface area (Å²) in [5.74, 6) is -12.6. The van der Waals surface area contributed by atoms with E-state index in [2.05, 4.69) is 0 Å². The number of aliphatic hydroxyl groups is 2. The molecule has 2 saturated carbocycles. The van der Waals surface area contributed by atoms with Crippen molar-refractivity contribution in [2.24, 2.45) is 29.4 Å². The Balaban J connectivity index is 1.96. The number of aryl methyl sites for hydroxylation is 1. The van der Waals surface area contributed by atoms with Crippen molar-refractivity contribution in [2.75, 3.05) is 0 Å². The molecule has 5 N–H and O–H groups in total. The van der Waals surface area contributed by atoms with E-state index in [1.54, 1.807) is 6.92 Å². The third kappa shape index (κ3) is 3.32. The molecule has 3 aliphatic carbocycles. The van der Waals surface area contributed by atoms with Crippen LogP contribution in [0.15, 0.2) is 6.07 Å². The molecule has 1 aromatic rings. The van der Waals surface area contributed by atoms with Crippen molar-refractivity contribution in [1.29, 1.82) is 0 Å². The molecule has 7 atom stereocenters. The smallest absolute Gasteiger partial charge is 0.235 e. The second-order valence-electron chi connectivity index (χ2n) is 11.5. The lowest BCUT2D eigenvalue weighted by molar-refractivity contribution is -0.189. The number of amides is 1. The average Bonchev–Trinajstić information content (AvgIpc) is 2.76. The second kappa shape index (κ2) is 8.31. The number of phenols is 1. The number of phenolic OH excluding ortho intramolecular Hbond substituents is 1. The predicted molar refractivity (Wildman–Crippen MR) is 127 cm³/mol. The van der Waals surface area contributed by atoms with Gasteiger partial charge < -0.3 is 21.1 Å². The van der Waals surface area contributed by atoms with Crippen LogP contribution in [0.3, 0.4) is 0 Å². The summed E-state index contributed by atoms with van der Waals surface area (Å²) in [6, 6.07) is 1.86. The molecule has 3 aliphatic rings. The number of nitrogens with two attached hydrogens (primary N) is 1. The van der Waals surface area contributed by atoms with Gasteiger partial charge in [-0.1, -0.05) is 47.1 Å². The van der Waals surface area contributed by atoms with Gasteiger partial charge in [-0.05, 0) is 28.9 Å². The number of hydrogen-bond donors (Lipinski definition) is 4. The highest BCUT2D eigenvalue weighted by Crippen LogP contribution is 2.55. The highest BCUT2D eigenvalue weighted by Gasteiger charge is 2.70. The van der Waals surface area contributed by atoms with Gasteiger partial charge in [0.25, 0.3) is 0 Å². The summed E-state index contributed by atoms with van der Waals surface area (Å²) < 4.78 is 0. The Morgan fingerprint density at radius 3 is 2.31 bits per heavy atom. The number of rotatable bonds is 3. The fourth-order valence-corrected chi connectivity index (χ4v) is 6.66. The van der Waals surface area contributed by atoms with E-state index in [0.717, 1.165) is 12.0 Å². The van der Waals surface area contributed by atoms with Gasteiger partial charge in [0, 0.05) is 23.8 Å². The Morgan fingerprint density at radius 2 is 1.78 bits per heavy atom. The number of carbonyl (C=O) groups excluding carboxylic acids is 5. The van der Waals surface area contributed by atoms with Gasteiger partial charge in [-0.2, -0.15) is 0 Å². The van der Waals surface area contributed by atoms with Crippen molar-refractivity contribution in [2.45, 2.75) is 76.9 Å². The highest BCUT2D eigenvalue weighted by molar-refractivity contribution is 6.31. The zero-order valence-electron chi connectivity index (χ0n) is 21.1. The van der Waals surface area contributed by atoms with E-state index in [9.17, 15) is 39.3 Å². The van der Waals surface area contributed by atoms with Crippen LogP contribution in [0.4, 0.5) is 0 Å². The third-order valence-electron chi connectivity index (χ3n) is 8.37. The minimum Gasteiger partial charge on any atom is -0.507 e. The molecule has 9 nitrogen and oxygen atoms in total. The summed E-state index contributed by atoms with van der Waals surface area (Å²) in [7, 11) is 0. The molecule has 0 aliphatic heterocycles. The predicted octanol–water partition coefficient (Wildman–Crippen LogP) is 1.11. The molecule has 4 rings (SSSR count). The van der Waals surface area contributed by atoms with Crippen molar-refractivity contribution < 1.29 is 39.3 Å². The number of aliphatic hydroxyl groups excluding tert-OH is 1. The molecule has 2 unspecified atom stereocenters. The van der Waals surface area contributed by atoms with Crippen LogP contribution in [-0.4, -0.2) is 56.1 Å². The summed E-state index contributed by atoms with van der Waals surface area (Å²) in [6.07, 6.45) is -0.826. The minimum absolute atomic E-state index is 0.0342. The molecule has 36 heavy (non-hydrogen) atoms. The first-order chi connectivity index (χ1) is 16.6. The molecule has 0 saturated heterocycles. The average molecular weight is 500 g/mol. The van der Waals surface area contributed by atoms with Gasteiger partial charge in [-0.25, -0.2) is 0 Å². The first-order valence-electron chi connectivity index (χ1n) is 12.3. The molecule has 1 aromatic carbocycles. The lowest BCUT2D eigenvalue weighted by atomic mass is 9.50. The number of fused-ring (bicyclic) bond motifs is 3. The van der Waals surface area contributed by atoms with Crippen molar-refractivity contribution in [3.63, 3.8) is 0 Å². The SMILES string of the molecule is CCCc1cc(C(C)(C)C)c(O)c2c1[C@H](C)[C@@H]1C(C2=O)C(=O)[C@]2(O)C(=O)C(C(N)=O)C(=O)C[C@@H]2[C@H]1O. The van der Waals surface area contributed by atoms with Crippen molar-refractivity contribution in [3.05, 3.63) is 28.3 Å². The molecule has 1 amide bonds.